The summed E-state index contributed by atoms with van der Waals surface area (Å²) in [7, 11) is 1.40. The fourth-order valence-corrected chi connectivity index (χ4v) is 1.35. The summed E-state index contributed by atoms with van der Waals surface area (Å²) in [5, 5.41) is 8.68. The number of methoxy groups -OCH3 is 1. The molecular formula is C13H22O3. The second-order valence-corrected chi connectivity index (χ2v) is 3.92. The van der Waals surface area contributed by atoms with Crippen LogP contribution in [0.3, 0.4) is 0 Å². The van der Waals surface area contributed by atoms with Crippen molar-refractivity contribution in [2.75, 3.05) is 13.7 Å². The smallest absolute Gasteiger partial charge is 0.309 e. The summed E-state index contributed by atoms with van der Waals surface area (Å²) >= 11 is 0. The van der Waals surface area contributed by atoms with Gasteiger partial charge in [0.2, 0.25) is 0 Å². The number of aliphatic hydroxyl groups excluding tert-OH is 1. The van der Waals surface area contributed by atoms with Crippen LogP contribution in [0.2, 0.25) is 0 Å². The zero-order valence-corrected chi connectivity index (χ0v) is 10.5. The van der Waals surface area contributed by atoms with Crippen molar-refractivity contribution in [3.63, 3.8) is 0 Å². The average Bonchev–Trinajstić information content (AvgIpc) is 2.26. The number of esters is 1. The Morgan fingerprint density at radius 2 is 1.75 bits per heavy atom. The zero-order valence-electron chi connectivity index (χ0n) is 10.5. The zero-order chi connectivity index (χ0) is 12.4. The number of ether oxygens (including phenoxy) is 1. The molecule has 0 aromatic carbocycles. The van der Waals surface area contributed by atoms with Gasteiger partial charge in [0, 0.05) is 0 Å². The molecule has 0 bridgehead atoms. The van der Waals surface area contributed by atoms with Crippen LogP contribution in [0.25, 0.3) is 0 Å². The largest absolute Gasteiger partial charge is 0.469 e. The Bertz CT molecular complexity index is 264. The van der Waals surface area contributed by atoms with E-state index in [1.54, 1.807) is 0 Å². The van der Waals surface area contributed by atoms with Crippen LogP contribution in [0, 0.1) is 0 Å². The van der Waals surface area contributed by atoms with Gasteiger partial charge in [-0.2, -0.15) is 0 Å². The van der Waals surface area contributed by atoms with Gasteiger partial charge in [-0.1, -0.05) is 23.3 Å². The minimum atomic E-state index is -0.198. The molecule has 0 unspecified atom stereocenters. The van der Waals surface area contributed by atoms with E-state index in [1.807, 2.05) is 26.0 Å². The molecule has 0 spiro atoms. The highest BCUT2D eigenvalue weighted by molar-refractivity contribution is 5.71. The molecule has 3 heteroatoms. The Hall–Kier alpha value is -1.09. The third-order valence-electron chi connectivity index (χ3n) is 2.43. The van der Waals surface area contributed by atoms with Crippen LogP contribution in [0.1, 0.15) is 39.5 Å². The molecule has 0 radical (unpaired) electrons. The number of hydrogen-bond acceptors (Lipinski definition) is 3. The summed E-state index contributed by atoms with van der Waals surface area (Å²) < 4.78 is 4.55. The predicted octanol–water partition coefficient (Wildman–Crippen LogP) is 2.60. The van der Waals surface area contributed by atoms with Gasteiger partial charge < -0.3 is 9.84 Å². The minimum absolute atomic E-state index is 0.114. The van der Waals surface area contributed by atoms with E-state index in [2.05, 4.69) is 4.74 Å². The molecular weight excluding hydrogens is 204 g/mol. The highest BCUT2D eigenvalue weighted by atomic mass is 16.5. The fourth-order valence-electron chi connectivity index (χ4n) is 1.35. The van der Waals surface area contributed by atoms with Gasteiger partial charge >= 0.3 is 5.97 Å². The topological polar surface area (TPSA) is 46.5 Å². The van der Waals surface area contributed by atoms with Crippen molar-refractivity contribution in [2.45, 2.75) is 39.5 Å². The maximum atomic E-state index is 10.9. The predicted molar refractivity (Wildman–Crippen MR) is 65.1 cm³/mol. The monoisotopic (exact) mass is 226 g/mol. The Labute approximate surface area is 97.8 Å². The first-order valence-corrected chi connectivity index (χ1v) is 5.59. The number of allylic oxidation sites excluding steroid dienone is 2. The summed E-state index contributed by atoms with van der Waals surface area (Å²) in [6, 6.07) is 0. The molecule has 0 fully saturated rings. The maximum Gasteiger partial charge on any atom is 0.309 e. The maximum absolute atomic E-state index is 10.9. The highest BCUT2D eigenvalue weighted by Gasteiger charge is 1.97. The Balaban J connectivity index is 3.76. The summed E-state index contributed by atoms with van der Waals surface area (Å²) in [4.78, 5) is 10.9. The summed E-state index contributed by atoms with van der Waals surface area (Å²) in [6.07, 6.45) is 7.11. The van der Waals surface area contributed by atoms with Gasteiger partial charge in [-0.3, -0.25) is 4.79 Å². The lowest BCUT2D eigenvalue weighted by Crippen LogP contribution is -1.97. The summed E-state index contributed by atoms with van der Waals surface area (Å²) in [5.74, 6) is -0.198. The third-order valence-corrected chi connectivity index (χ3v) is 2.43. The second kappa shape index (κ2) is 9.16. The first-order valence-electron chi connectivity index (χ1n) is 5.59. The van der Waals surface area contributed by atoms with Crippen molar-refractivity contribution in [1.29, 1.82) is 0 Å². The average molecular weight is 226 g/mol. The van der Waals surface area contributed by atoms with Crippen LogP contribution in [0.4, 0.5) is 0 Å². The molecule has 0 rings (SSSR count). The van der Waals surface area contributed by atoms with E-state index in [9.17, 15) is 4.79 Å². The normalized spacial score (nSPS) is 12.8. The molecule has 0 aliphatic carbocycles. The van der Waals surface area contributed by atoms with Crippen molar-refractivity contribution in [3.8, 4) is 0 Å². The lowest BCUT2D eigenvalue weighted by atomic mass is 10.1. The molecule has 0 aromatic heterocycles. The first kappa shape index (κ1) is 14.9. The Morgan fingerprint density at radius 1 is 1.19 bits per heavy atom. The van der Waals surface area contributed by atoms with Crippen molar-refractivity contribution in [2.24, 2.45) is 0 Å². The SMILES string of the molecule is COC(=O)CC=C(C)CCCC(C)=CCO. The molecule has 0 atom stereocenters. The van der Waals surface area contributed by atoms with E-state index in [4.69, 9.17) is 5.11 Å². The van der Waals surface area contributed by atoms with Crippen LogP contribution in [-0.2, 0) is 9.53 Å². The molecule has 0 saturated carbocycles. The molecule has 0 amide bonds. The lowest BCUT2D eigenvalue weighted by molar-refractivity contribution is -0.139. The molecule has 3 nitrogen and oxygen atoms in total. The second-order valence-electron chi connectivity index (χ2n) is 3.92. The fraction of sp³-hybridized carbons (Fsp3) is 0.615. The Morgan fingerprint density at radius 3 is 2.25 bits per heavy atom. The lowest BCUT2D eigenvalue weighted by Gasteiger charge is -2.02. The molecule has 0 aliphatic rings. The van der Waals surface area contributed by atoms with Crippen LogP contribution >= 0.6 is 0 Å². The Kier molecular flexibility index (Phi) is 8.53. The third kappa shape index (κ3) is 8.24. The van der Waals surface area contributed by atoms with E-state index in [0.717, 1.165) is 19.3 Å². The molecule has 0 saturated heterocycles. The van der Waals surface area contributed by atoms with Crippen molar-refractivity contribution in [1.82, 2.24) is 0 Å². The molecule has 0 aliphatic heterocycles. The van der Waals surface area contributed by atoms with E-state index < -0.39 is 0 Å². The molecule has 16 heavy (non-hydrogen) atoms. The summed E-state index contributed by atoms with van der Waals surface area (Å²) in [6.45, 7) is 4.15. The van der Waals surface area contributed by atoms with Crippen molar-refractivity contribution < 1.29 is 14.6 Å². The number of carbonyl (C=O) groups is 1. The number of hydrogen-bond donors (Lipinski definition) is 1. The van der Waals surface area contributed by atoms with Crippen molar-refractivity contribution >= 4 is 5.97 Å². The highest BCUT2D eigenvalue weighted by Crippen LogP contribution is 2.12. The number of aliphatic hydroxyl groups is 1. The van der Waals surface area contributed by atoms with Gasteiger partial charge in [0.25, 0.3) is 0 Å². The van der Waals surface area contributed by atoms with Gasteiger partial charge in [0.05, 0.1) is 20.1 Å². The van der Waals surface area contributed by atoms with Gasteiger partial charge in [-0.25, -0.2) is 0 Å². The number of rotatable bonds is 7. The van der Waals surface area contributed by atoms with Gasteiger partial charge in [-0.05, 0) is 33.1 Å². The standard InChI is InChI=1S/C13H22O3/c1-11(7-8-13(15)16-3)5-4-6-12(2)9-10-14/h7,9,14H,4-6,8,10H2,1-3H3. The number of carbonyl (C=O) groups excluding carboxylic acids is 1. The first-order chi connectivity index (χ1) is 7.60. The quantitative estimate of drug-likeness (QED) is 0.536. The van der Waals surface area contributed by atoms with E-state index >= 15 is 0 Å². The van der Waals surface area contributed by atoms with Crippen LogP contribution in [0.5, 0.6) is 0 Å². The molecule has 0 aromatic rings. The van der Waals surface area contributed by atoms with Gasteiger partial charge in [0.1, 0.15) is 0 Å². The minimum Gasteiger partial charge on any atom is -0.469 e. The van der Waals surface area contributed by atoms with E-state index in [1.165, 1.54) is 18.3 Å². The van der Waals surface area contributed by atoms with Gasteiger partial charge in [0.15, 0.2) is 0 Å². The van der Waals surface area contributed by atoms with E-state index in [0.29, 0.717) is 6.42 Å². The summed E-state index contributed by atoms with van der Waals surface area (Å²) in [5.41, 5.74) is 2.42. The molecule has 92 valence electrons. The van der Waals surface area contributed by atoms with Crippen molar-refractivity contribution in [3.05, 3.63) is 23.3 Å². The van der Waals surface area contributed by atoms with Crippen LogP contribution < -0.4 is 0 Å². The molecule has 1 N–H and O–H groups in total. The van der Waals surface area contributed by atoms with Gasteiger partial charge in [-0.15, -0.1) is 0 Å². The van der Waals surface area contributed by atoms with Crippen LogP contribution in [-0.4, -0.2) is 24.8 Å². The molecule has 0 heterocycles. The van der Waals surface area contributed by atoms with Crippen LogP contribution in [0.15, 0.2) is 23.3 Å². The van der Waals surface area contributed by atoms with E-state index in [-0.39, 0.29) is 12.6 Å².